The van der Waals surface area contributed by atoms with Crippen molar-refractivity contribution in [3.05, 3.63) is 71.8 Å². The maximum Gasteiger partial charge on any atom is 0.120 e. The second-order valence-corrected chi connectivity index (χ2v) is 6.40. The first-order valence-corrected chi connectivity index (χ1v) is 8.46. The van der Waals surface area contributed by atoms with Crippen LogP contribution in [0.4, 0.5) is 0 Å². The summed E-state index contributed by atoms with van der Waals surface area (Å²) in [5.74, 6) is 0. The second-order valence-electron chi connectivity index (χ2n) is 6.40. The van der Waals surface area contributed by atoms with Crippen LogP contribution < -0.4 is 4.90 Å². The number of hydrogen-bond acceptors (Lipinski definition) is 1. The zero-order valence-electron chi connectivity index (χ0n) is 13.2. The van der Waals surface area contributed by atoms with Crippen LogP contribution >= 0.6 is 0 Å². The number of nitrogens with one attached hydrogen (secondary N) is 1. The molecule has 1 saturated heterocycles. The van der Waals surface area contributed by atoms with Gasteiger partial charge in [-0.1, -0.05) is 60.7 Å². The van der Waals surface area contributed by atoms with E-state index in [-0.39, 0.29) is 0 Å². The first kappa shape index (κ1) is 15.3. The molecule has 2 aromatic rings. The molecule has 1 aliphatic rings. The van der Waals surface area contributed by atoms with Crippen molar-refractivity contribution in [2.75, 3.05) is 19.6 Å². The molecule has 0 saturated carbocycles. The molecule has 1 heterocycles. The van der Waals surface area contributed by atoms with E-state index in [4.69, 9.17) is 0 Å². The standard InChI is InChI=1S/C20H25NO/c22-20(18-10-4-1-5-11-18,19-12-6-2-7-13-19)14-17-21-15-8-3-9-16-21/h1-2,4-7,10-13,22H,3,8-9,14-17H2/p+1. The average Bonchev–Trinajstić information content (AvgIpc) is 2.62. The van der Waals surface area contributed by atoms with Gasteiger partial charge in [0.05, 0.1) is 19.6 Å². The van der Waals surface area contributed by atoms with Gasteiger partial charge in [-0.15, -0.1) is 0 Å². The minimum absolute atomic E-state index is 0.774. The van der Waals surface area contributed by atoms with Crippen LogP contribution in [0.2, 0.25) is 0 Å². The van der Waals surface area contributed by atoms with E-state index in [1.54, 1.807) is 4.90 Å². The monoisotopic (exact) mass is 296 g/mol. The fourth-order valence-corrected chi connectivity index (χ4v) is 3.54. The van der Waals surface area contributed by atoms with E-state index in [0.29, 0.717) is 0 Å². The predicted molar refractivity (Wildman–Crippen MR) is 89.9 cm³/mol. The van der Waals surface area contributed by atoms with Crippen LogP contribution in [0.1, 0.15) is 36.8 Å². The quantitative estimate of drug-likeness (QED) is 0.870. The van der Waals surface area contributed by atoms with Crippen molar-refractivity contribution in [1.82, 2.24) is 0 Å². The van der Waals surface area contributed by atoms with Crippen LogP contribution in [0.25, 0.3) is 0 Å². The van der Waals surface area contributed by atoms with Crippen LogP contribution in [0.15, 0.2) is 60.7 Å². The minimum atomic E-state index is -0.882. The molecule has 116 valence electrons. The van der Waals surface area contributed by atoms with E-state index in [1.165, 1.54) is 32.4 Å². The van der Waals surface area contributed by atoms with Gasteiger partial charge < -0.3 is 10.0 Å². The van der Waals surface area contributed by atoms with Gasteiger partial charge in [0.2, 0.25) is 0 Å². The van der Waals surface area contributed by atoms with Gasteiger partial charge in [0.25, 0.3) is 0 Å². The fraction of sp³-hybridized carbons (Fsp3) is 0.400. The summed E-state index contributed by atoms with van der Waals surface area (Å²) >= 11 is 0. The van der Waals surface area contributed by atoms with Gasteiger partial charge in [0.15, 0.2) is 0 Å². The lowest BCUT2D eigenvalue weighted by atomic mass is 9.83. The Balaban J connectivity index is 1.83. The molecule has 2 N–H and O–H groups in total. The molecule has 2 nitrogen and oxygen atoms in total. The third-order valence-corrected chi connectivity index (χ3v) is 4.90. The highest BCUT2D eigenvalue weighted by molar-refractivity contribution is 5.35. The molecular weight excluding hydrogens is 270 g/mol. The maximum absolute atomic E-state index is 11.5. The molecule has 22 heavy (non-hydrogen) atoms. The van der Waals surface area contributed by atoms with Gasteiger partial charge in [0.1, 0.15) is 5.60 Å². The lowest BCUT2D eigenvalue weighted by molar-refractivity contribution is -0.905. The summed E-state index contributed by atoms with van der Waals surface area (Å²) in [6.07, 6.45) is 4.79. The Morgan fingerprint density at radius 1 is 0.773 bits per heavy atom. The van der Waals surface area contributed by atoms with Crippen molar-refractivity contribution in [1.29, 1.82) is 0 Å². The zero-order chi connectivity index (χ0) is 15.3. The number of aliphatic hydroxyl groups is 1. The molecule has 0 amide bonds. The molecule has 0 radical (unpaired) electrons. The third kappa shape index (κ3) is 3.40. The highest BCUT2D eigenvalue weighted by Gasteiger charge is 2.32. The summed E-state index contributed by atoms with van der Waals surface area (Å²) in [7, 11) is 0. The van der Waals surface area contributed by atoms with Crippen LogP contribution in [0.3, 0.4) is 0 Å². The molecule has 1 fully saturated rings. The molecule has 0 unspecified atom stereocenters. The fourth-order valence-electron chi connectivity index (χ4n) is 3.54. The topological polar surface area (TPSA) is 24.7 Å². The molecule has 1 aliphatic heterocycles. The van der Waals surface area contributed by atoms with E-state index in [9.17, 15) is 5.11 Å². The van der Waals surface area contributed by atoms with Crippen molar-refractivity contribution >= 4 is 0 Å². The Labute approximate surface area is 133 Å². The Morgan fingerprint density at radius 3 is 1.77 bits per heavy atom. The summed E-state index contributed by atoms with van der Waals surface area (Å²) < 4.78 is 0. The van der Waals surface area contributed by atoms with Crippen molar-refractivity contribution in [2.24, 2.45) is 0 Å². The van der Waals surface area contributed by atoms with Crippen LogP contribution in [-0.2, 0) is 5.60 Å². The number of hydrogen-bond donors (Lipinski definition) is 2. The SMILES string of the molecule is OC(CC[NH+]1CCCCC1)(c1ccccc1)c1ccccc1. The molecule has 0 spiro atoms. The number of likely N-dealkylation sites (tertiary alicyclic amines) is 1. The Hall–Kier alpha value is -1.64. The number of benzene rings is 2. The van der Waals surface area contributed by atoms with E-state index in [0.717, 1.165) is 24.1 Å². The molecule has 0 aliphatic carbocycles. The van der Waals surface area contributed by atoms with E-state index < -0.39 is 5.60 Å². The van der Waals surface area contributed by atoms with Gasteiger partial charge in [-0.25, -0.2) is 0 Å². The van der Waals surface area contributed by atoms with Crippen molar-refractivity contribution in [3.8, 4) is 0 Å². The van der Waals surface area contributed by atoms with Gasteiger partial charge in [0, 0.05) is 6.42 Å². The number of rotatable bonds is 5. The summed E-state index contributed by atoms with van der Waals surface area (Å²) in [6.45, 7) is 3.53. The predicted octanol–water partition coefficient (Wildman–Crippen LogP) is 2.38. The first-order valence-electron chi connectivity index (χ1n) is 8.46. The van der Waals surface area contributed by atoms with Gasteiger partial charge in [-0.05, 0) is 30.4 Å². The summed E-state index contributed by atoms with van der Waals surface area (Å²) in [5, 5.41) is 11.5. The molecular formula is C20H26NO+. The molecule has 2 heteroatoms. The van der Waals surface area contributed by atoms with E-state index in [1.807, 2.05) is 60.7 Å². The van der Waals surface area contributed by atoms with Gasteiger partial charge >= 0.3 is 0 Å². The largest absolute Gasteiger partial charge is 0.380 e. The lowest BCUT2D eigenvalue weighted by Crippen LogP contribution is -3.13. The van der Waals surface area contributed by atoms with Crippen molar-refractivity contribution < 1.29 is 10.0 Å². The van der Waals surface area contributed by atoms with E-state index >= 15 is 0 Å². The van der Waals surface area contributed by atoms with Gasteiger partial charge in [-0.2, -0.15) is 0 Å². The highest BCUT2D eigenvalue weighted by Crippen LogP contribution is 2.32. The van der Waals surface area contributed by atoms with Crippen LogP contribution in [0, 0.1) is 0 Å². The number of piperidine rings is 1. The Kier molecular flexibility index (Phi) is 4.91. The molecule has 0 atom stereocenters. The second kappa shape index (κ2) is 7.08. The van der Waals surface area contributed by atoms with Crippen molar-refractivity contribution in [2.45, 2.75) is 31.3 Å². The summed E-state index contributed by atoms with van der Waals surface area (Å²) in [4.78, 5) is 1.64. The zero-order valence-corrected chi connectivity index (χ0v) is 13.2. The van der Waals surface area contributed by atoms with Crippen LogP contribution in [-0.4, -0.2) is 24.7 Å². The highest BCUT2D eigenvalue weighted by atomic mass is 16.3. The molecule has 2 aromatic carbocycles. The lowest BCUT2D eigenvalue weighted by Gasteiger charge is -2.32. The van der Waals surface area contributed by atoms with Crippen LogP contribution in [0.5, 0.6) is 0 Å². The Bertz CT molecular complexity index is 521. The first-order chi connectivity index (χ1) is 10.8. The average molecular weight is 296 g/mol. The third-order valence-electron chi connectivity index (χ3n) is 4.90. The molecule has 0 aromatic heterocycles. The maximum atomic E-state index is 11.5. The Morgan fingerprint density at radius 2 is 1.27 bits per heavy atom. The summed E-state index contributed by atoms with van der Waals surface area (Å²) in [6, 6.07) is 20.2. The molecule has 3 rings (SSSR count). The molecule has 0 bridgehead atoms. The normalized spacial score (nSPS) is 16.6. The summed E-state index contributed by atoms with van der Waals surface area (Å²) in [5.41, 5.74) is 1.11. The minimum Gasteiger partial charge on any atom is -0.380 e. The van der Waals surface area contributed by atoms with Crippen molar-refractivity contribution in [3.63, 3.8) is 0 Å². The number of quaternary nitrogens is 1. The van der Waals surface area contributed by atoms with E-state index in [2.05, 4.69) is 0 Å². The van der Waals surface area contributed by atoms with Gasteiger partial charge in [-0.3, -0.25) is 0 Å². The smallest absolute Gasteiger partial charge is 0.120 e.